The summed E-state index contributed by atoms with van der Waals surface area (Å²) in [4.78, 5) is 10.8. The molecular weight excluding hydrogens is 354 g/mol. The van der Waals surface area contributed by atoms with E-state index in [-0.39, 0.29) is 11.3 Å². The predicted octanol–water partition coefficient (Wildman–Crippen LogP) is 3.64. The molecule has 0 atom stereocenters. The molecule has 0 unspecified atom stereocenters. The van der Waals surface area contributed by atoms with Crippen molar-refractivity contribution < 1.29 is 9.90 Å². The summed E-state index contributed by atoms with van der Waals surface area (Å²) in [7, 11) is 0. The molecule has 0 saturated carbocycles. The normalized spacial score (nSPS) is 11.6. The van der Waals surface area contributed by atoms with E-state index in [0.717, 1.165) is 15.9 Å². The Morgan fingerprint density at radius 2 is 1.90 bits per heavy atom. The molecule has 0 bridgehead atoms. The fourth-order valence-electron chi connectivity index (χ4n) is 1.88. The summed E-state index contributed by atoms with van der Waals surface area (Å²) in [5, 5.41) is 17.9. The van der Waals surface area contributed by atoms with Gasteiger partial charge in [-0.3, -0.25) is 9.36 Å². The number of nitrogens with zero attached hydrogens (tertiary/aromatic N) is 3. The fourth-order valence-corrected chi connectivity index (χ4v) is 2.99. The minimum atomic E-state index is -0.867. The zero-order valence-corrected chi connectivity index (χ0v) is 14.4. The second-order valence-electron chi connectivity index (χ2n) is 5.50. The molecule has 0 saturated heterocycles. The number of carbonyl (C=O) groups is 1. The van der Waals surface area contributed by atoms with E-state index in [9.17, 15) is 4.79 Å². The topological polar surface area (TPSA) is 68.0 Å². The molecule has 2 rings (SSSR count). The van der Waals surface area contributed by atoms with Crippen LogP contribution in [-0.2, 0) is 10.3 Å². The van der Waals surface area contributed by atoms with Gasteiger partial charge in [-0.05, 0) is 32.9 Å². The van der Waals surface area contributed by atoms with Crippen LogP contribution in [0.4, 0.5) is 0 Å². The van der Waals surface area contributed by atoms with Crippen molar-refractivity contribution in [2.75, 3.05) is 5.75 Å². The Kier molecular flexibility index (Phi) is 4.73. The van der Waals surface area contributed by atoms with Gasteiger partial charge in [-0.2, -0.15) is 0 Å². The summed E-state index contributed by atoms with van der Waals surface area (Å²) in [6.07, 6.45) is 0. The van der Waals surface area contributed by atoms with E-state index < -0.39 is 5.97 Å². The molecule has 0 aliphatic rings. The van der Waals surface area contributed by atoms with Crippen LogP contribution in [0, 0.1) is 0 Å². The Labute approximate surface area is 135 Å². The van der Waals surface area contributed by atoms with Crippen LogP contribution in [-0.4, -0.2) is 31.6 Å². The molecule has 5 nitrogen and oxygen atoms in total. The molecule has 0 spiro atoms. The van der Waals surface area contributed by atoms with Gasteiger partial charge in [-0.1, -0.05) is 39.8 Å². The van der Waals surface area contributed by atoms with E-state index in [1.54, 1.807) is 0 Å². The van der Waals surface area contributed by atoms with Gasteiger partial charge in [0.25, 0.3) is 0 Å². The molecule has 0 radical (unpaired) electrons. The highest BCUT2D eigenvalue weighted by Crippen LogP contribution is 2.31. The van der Waals surface area contributed by atoms with E-state index in [1.165, 1.54) is 11.8 Å². The molecule has 1 N–H and O–H groups in total. The van der Waals surface area contributed by atoms with Gasteiger partial charge in [0, 0.05) is 15.6 Å². The van der Waals surface area contributed by atoms with Crippen LogP contribution in [0.1, 0.15) is 20.8 Å². The molecule has 1 heterocycles. The molecule has 1 aromatic heterocycles. The Hall–Kier alpha value is -1.34. The van der Waals surface area contributed by atoms with Crippen molar-refractivity contribution in [3.63, 3.8) is 0 Å². The number of hydrogen-bond acceptors (Lipinski definition) is 4. The number of benzene rings is 1. The van der Waals surface area contributed by atoms with E-state index >= 15 is 0 Å². The molecule has 0 aliphatic heterocycles. The number of rotatable bonds is 4. The molecule has 0 aliphatic carbocycles. The average Bonchev–Trinajstić information content (AvgIpc) is 2.81. The first kappa shape index (κ1) is 16.0. The molecule has 0 amide bonds. The Morgan fingerprint density at radius 3 is 2.43 bits per heavy atom. The minimum Gasteiger partial charge on any atom is -0.481 e. The second-order valence-corrected chi connectivity index (χ2v) is 7.36. The molecule has 2 aromatic rings. The first-order valence-corrected chi connectivity index (χ1v) is 8.13. The lowest BCUT2D eigenvalue weighted by molar-refractivity contribution is -0.133. The third kappa shape index (κ3) is 3.85. The zero-order valence-electron chi connectivity index (χ0n) is 12.0. The van der Waals surface area contributed by atoms with Crippen molar-refractivity contribution >= 4 is 33.7 Å². The van der Waals surface area contributed by atoms with Gasteiger partial charge < -0.3 is 5.11 Å². The van der Waals surface area contributed by atoms with Crippen LogP contribution < -0.4 is 0 Å². The lowest BCUT2D eigenvalue weighted by atomic mass is 10.1. The van der Waals surface area contributed by atoms with Crippen molar-refractivity contribution in [1.82, 2.24) is 14.8 Å². The monoisotopic (exact) mass is 369 g/mol. The van der Waals surface area contributed by atoms with Crippen LogP contribution in [0.2, 0.25) is 0 Å². The SMILES string of the molecule is CC(C)(C)n1c(SCC(=O)O)nnc1-c1ccc(Br)cc1. The van der Waals surface area contributed by atoms with E-state index in [1.807, 2.05) is 49.6 Å². The van der Waals surface area contributed by atoms with Crippen molar-refractivity contribution in [2.24, 2.45) is 0 Å². The van der Waals surface area contributed by atoms with Crippen molar-refractivity contribution in [3.05, 3.63) is 28.7 Å². The summed E-state index contributed by atoms with van der Waals surface area (Å²) in [5.41, 5.74) is 0.704. The summed E-state index contributed by atoms with van der Waals surface area (Å²) in [6.45, 7) is 6.14. The largest absolute Gasteiger partial charge is 0.481 e. The van der Waals surface area contributed by atoms with Crippen molar-refractivity contribution in [2.45, 2.75) is 31.5 Å². The minimum absolute atomic E-state index is 0.0332. The lowest BCUT2D eigenvalue weighted by Crippen LogP contribution is -2.24. The maximum Gasteiger partial charge on any atom is 0.313 e. The smallest absolute Gasteiger partial charge is 0.313 e. The van der Waals surface area contributed by atoms with E-state index in [2.05, 4.69) is 26.1 Å². The Balaban J connectivity index is 2.46. The van der Waals surface area contributed by atoms with Gasteiger partial charge in [0.05, 0.1) is 5.75 Å². The van der Waals surface area contributed by atoms with Gasteiger partial charge in [0.1, 0.15) is 0 Å². The van der Waals surface area contributed by atoms with Crippen LogP contribution in [0.15, 0.2) is 33.9 Å². The second kappa shape index (κ2) is 6.19. The number of aromatic nitrogens is 3. The third-order valence-electron chi connectivity index (χ3n) is 2.73. The highest BCUT2D eigenvalue weighted by molar-refractivity contribution is 9.10. The number of hydrogen-bond donors (Lipinski definition) is 1. The molecular formula is C14H16BrN3O2S. The number of carboxylic acid groups (broad SMARTS) is 1. The van der Waals surface area contributed by atoms with Crippen molar-refractivity contribution in [3.8, 4) is 11.4 Å². The average molecular weight is 370 g/mol. The highest BCUT2D eigenvalue weighted by atomic mass is 79.9. The summed E-state index contributed by atoms with van der Waals surface area (Å²) >= 11 is 4.59. The van der Waals surface area contributed by atoms with Gasteiger partial charge >= 0.3 is 5.97 Å². The van der Waals surface area contributed by atoms with Gasteiger partial charge in [-0.25, -0.2) is 0 Å². The van der Waals surface area contributed by atoms with E-state index in [0.29, 0.717) is 5.16 Å². The number of thioether (sulfide) groups is 1. The predicted molar refractivity (Wildman–Crippen MR) is 86.5 cm³/mol. The number of aliphatic carboxylic acids is 1. The quantitative estimate of drug-likeness (QED) is 0.833. The summed E-state index contributed by atoms with van der Waals surface area (Å²) in [5.74, 6) is -0.161. The van der Waals surface area contributed by atoms with Crippen LogP contribution in [0.5, 0.6) is 0 Å². The summed E-state index contributed by atoms with van der Waals surface area (Å²) < 4.78 is 2.97. The van der Waals surface area contributed by atoms with Crippen LogP contribution in [0.25, 0.3) is 11.4 Å². The molecule has 7 heteroatoms. The number of carboxylic acids is 1. The Morgan fingerprint density at radius 1 is 1.29 bits per heavy atom. The maximum atomic E-state index is 10.8. The molecule has 112 valence electrons. The number of halogens is 1. The van der Waals surface area contributed by atoms with Gasteiger partial charge in [0.15, 0.2) is 11.0 Å². The van der Waals surface area contributed by atoms with Crippen molar-refractivity contribution in [1.29, 1.82) is 0 Å². The summed E-state index contributed by atoms with van der Waals surface area (Å²) in [6, 6.07) is 7.81. The Bertz CT molecular complexity index is 647. The highest BCUT2D eigenvalue weighted by Gasteiger charge is 2.24. The van der Waals surface area contributed by atoms with Gasteiger partial charge in [0.2, 0.25) is 0 Å². The zero-order chi connectivity index (χ0) is 15.6. The molecule has 0 fully saturated rings. The lowest BCUT2D eigenvalue weighted by Gasteiger charge is -2.24. The fraction of sp³-hybridized carbons (Fsp3) is 0.357. The first-order chi connectivity index (χ1) is 9.79. The van der Waals surface area contributed by atoms with E-state index in [4.69, 9.17) is 5.11 Å². The molecule has 21 heavy (non-hydrogen) atoms. The third-order valence-corrected chi connectivity index (χ3v) is 4.17. The maximum absolute atomic E-state index is 10.8. The first-order valence-electron chi connectivity index (χ1n) is 6.35. The van der Waals surface area contributed by atoms with Crippen LogP contribution in [0.3, 0.4) is 0 Å². The standard InChI is InChI=1S/C14H16BrN3O2S/c1-14(2,3)18-12(9-4-6-10(15)7-5-9)16-17-13(18)21-8-11(19)20/h4-7H,8H2,1-3H3,(H,19,20). The molecule has 1 aromatic carbocycles. The van der Waals surface area contributed by atoms with Gasteiger partial charge in [-0.15, -0.1) is 10.2 Å². The van der Waals surface area contributed by atoms with Crippen LogP contribution >= 0.6 is 27.7 Å².